The van der Waals surface area contributed by atoms with Gasteiger partial charge in [-0.2, -0.15) is 13.8 Å². The van der Waals surface area contributed by atoms with E-state index in [2.05, 4.69) is 4.98 Å². The van der Waals surface area contributed by atoms with Gasteiger partial charge in [-0.15, -0.1) is 0 Å². The Morgan fingerprint density at radius 3 is 2.64 bits per heavy atom. The summed E-state index contributed by atoms with van der Waals surface area (Å²) in [6.07, 6.45) is -3.43. The van der Waals surface area contributed by atoms with E-state index in [1.807, 2.05) is 0 Å². The summed E-state index contributed by atoms with van der Waals surface area (Å²) in [5, 5.41) is 26.8. The molecule has 122 valence electrons. The van der Waals surface area contributed by atoms with E-state index in [1.54, 1.807) is 0 Å². The van der Waals surface area contributed by atoms with E-state index in [9.17, 15) is 23.5 Å². The Kier molecular flexibility index (Phi) is 5.72. The van der Waals surface area contributed by atoms with Gasteiger partial charge in [0.25, 0.3) is 0 Å². The zero-order valence-corrected chi connectivity index (χ0v) is 11.6. The van der Waals surface area contributed by atoms with Crippen molar-refractivity contribution in [1.29, 1.82) is 0 Å². The number of hydrogen-bond donors (Lipinski definition) is 4. The fraction of sp³-hybridized carbons (Fsp3) is 0.364. The number of hydrogen-bond acceptors (Lipinski definition) is 7. The lowest BCUT2D eigenvalue weighted by Crippen LogP contribution is -2.53. The lowest BCUT2D eigenvalue weighted by Gasteiger charge is -2.24. The van der Waals surface area contributed by atoms with Crippen LogP contribution in [0.1, 0.15) is 10.4 Å². The van der Waals surface area contributed by atoms with Crippen molar-refractivity contribution in [2.75, 3.05) is 12.3 Å². The zero-order chi connectivity index (χ0) is 17.1. The van der Waals surface area contributed by atoms with Crippen LogP contribution in [0.2, 0.25) is 0 Å². The van der Waals surface area contributed by atoms with Gasteiger partial charge < -0.3 is 21.1 Å². The zero-order valence-electron chi connectivity index (χ0n) is 10.9. The average molecular weight is 340 g/mol. The molecule has 0 radical (unpaired) electrons. The molecular weight excluding hydrogens is 328 g/mol. The van der Waals surface area contributed by atoms with Crippen LogP contribution in [0.4, 0.5) is 14.6 Å². The Hall–Kier alpha value is -1.88. The number of carbonyl (C=O) groups excluding carboxylic acids is 1. The maximum Gasteiger partial charge on any atom is 0.356 e. The summed E-state index contributed by atoms with van der Waals surface area (Å²) in [5.74, 6) is -7.04. The molecule has 0 aliphatic carbocycles. The van der Waals surface area contributed by atoms with E-state index < -0.39 is 36.3 Å². The molecule has 0 bridgehead atoms. The van der Waals surface area contributed by atoms with Crippen molar-refractivity contribution in [2.45, 2.75) is 18.1 Å². The van der Waals surface area contributed by atoms with Crippen LogP contribution in [0.25, 0.3) is 6.08 Å². The third-order valence-electron chi connectivity index (χ3n) is 2.66. The Morgan fingerprint density at radius 2 is 2.14 bits per heavy atom. The summed E-state index contributed by atoms with van der Waals surface area (Å²) in [5.41, 5.74) is 4.82. The number of nitrogen functional groups attached to an aromatic ring is 1. The number of nitrogens with zero attached hydrogens (tertiary/aromatic N) is 2. The largest absolute Gasteiger partial charge is 0.394 e. The molecule has 0 saturated heterocycles. The molecule has 0 aliphatic rings. The first kappa shape index (κ1) is 18.2. The summed E-state index contributed by atoms with van der Waals surface area (Å²) < 4.78 is 27.5. The Bertz CT molecular complexity index is 649. The number of aliphatic hydroxyl groups excluding tert-OH is 3. The number of alkyl halides is 2. The second kappa shape index (κ2) is 6.92. The first-order valence-electron chi connectivity index (χ1n) is 5.72. The quantitative estimate of drug-likeness (QED) is 0.541. The van der Waals surface area contributed by atoms with Gasteiger partial charge in [0.2, 0.25) is 0 Å². The Balaban J connectivity index is 3.33. The van der Waals surface area contributed by atoms with Gasteiger partial charge in [-0.3, -0.25) is 4.79 Å². The summed E-state index contributed by atoms with van der Waals surface area (Å²) in [6.45, 7) is -1.21. The second-order valence-corrected chi connectivity index (χ2v) is 4.40. The first-order valence-corrected chi connectivity index (χ1v) is 6.16. The molecule has 1 aromatic rings. The molecule has 0 amide bonds. The fourth-order valence-electron chi connectivity index (χ4n) is 1.45. The molecular formula is C11H12ClF2N3O5. The van der Waals surface area contributed by atoms with Crippen LogP contribution in [0, 0.1) is 0 Å². The number of nitrogens with two attached hydrogens (primary N) is 1. The van der Waals surface area contributed by atoms with Gasteiger partial charge in [-0.05, 0) is 6.08 Å². The molecule has 0 unspecified atom stereocenters. The summed E-state index contributed by atoms with van der Waals surface area (Å²) in [4.78, 5) is 26.4. The van der Waals surface area contributed by atoms with Gasteiger partial charge in [-0.25, -0.2) is 9.36 Å². The van der Waals surface area contributed by atoms with Crippen molar-refractivity contribution in [3.63, 3.8) is 0 Å². The van der Waals surface area contributed by atoms with Crippen molar-refractivity contribution in [3.8, 4) is 0 Å². The molecule has 0 aliphatic heterocycles. The lowest BCUT2D eigenvalue weighted by molar-refractivity contribution is -0.136. The second-order valence-electron chi connectivity index (χ2n) is 4.15. The van der Waals surface area contributed by atoms with Crippen LogP contribution >= 0.6 is 11.6 Å². The van der Waals surface area contributed by atoms with Crippen LogP contribution in [0.3, 0.4) is 0 Å². The molecule has 2 atom stereocenters. The molecule has 0 spiro atoms. The highest BCUT2D eigenvalue weighted by atomic mass is 35.5. The minimum Gasteiger partial charge on any atom is -0.394 e. The van der Waals surface area contributed by atoms with Gasteiger partial charge in [0, 0.05) is 17.3 Å². The number of halogens is 3. The molecule has 5 N–H and O–H groups in total. The fourth-order valence-corrected chi connectivity index (χ4v) is 1.59. The topological polar surface area (TPSA) is 139 Å². The number of rotatable bonds is 5. The molecule has 1 rings (SSSR count). The van der Waals surface area contributed by atoms with Crippen LogP contribution < -0.4 is 11.4 Å². The summed E-state index contributed by atoms with van der Waals surface area (Å²) >= 11 is 5.30. The molecule has 11 heteroatoms. The van der Waals surface area contributed by atoms with Crippen LogP contribution in [-0.4, -0.2) is 55.5 Å². The minimum atomic E-state index is -4.55. The van der Waals surface area contributed by atoms with E-state index in [1.165, 1.54) is 0 Å². The summed E-state index contributed by atoms with van der Waals surface area (Å²) in [6, 6.07) is 0. The van der Waals surface area contributed by atoms with Crippen molar-refractivity contribution < 1.29 is 28.9 Å². The molecule has 8 nitrogen and oxygen atoms in total. The van der Waals surface area contributed by atoms with E-state index in [0.717, 1.165) is 11.6 Å². The van der Waals surface area contributed by atoms with E-state index >= 15 is 0 Å². The molecule has 1 aromatic heterocycles. The predicted molar refractivity (Wildman–Crippen MR) is 72.5 cm³/mol. The highest BCUT2D eigenvalue weighted by Crippen LogP contribution is 2.23. The van der Waals surface area contributed by atoms with Crippen LogP contribution in [0.15, 0.2) is 16.5 Å². The first-order chi connectivity index (χ1) is 10.2. The Morgan fingerprint density at radius 1 is 1.55 bits per heavy atom. The van der Waals surface area contributed by atoms with Gasteiger partial charge in [0.15, 0.2) is 6.10 Å². The molecule has 0 aromatic carbocycles. The number of aliphatic hydroxyl groups is 3. The van der Waals surface area contributed by atoms with Gasteiger partial charge in [0.1, 0.15) is 11.9 Å². The molecule has 0 saturated carbocycles. The smallest absolute Gasteiger partial charge is 0.356 e. The molecule has 22 heavy (non-hydrogen) atoms. The standard InChI is InChI=1S/C11H12ClF2N3O5/c12-2-1-5-3-17(10(22)16-8(5)15)9(21)11(13,14)7(20)6(19)4-18/h1-3,6-7,18-20H,4H2,(H2,15,16,22)/b2-1+/t6-,7+/m0/s1. The average Bonchev–Trinajstić information content (AvgIpc) is 2.47. The van der Waals surface area contributed by atoms with E-state index in [4.69, 9.17) is 27.5 Å². The van der Waals surface area contributed by atoms with Gasteiger partial charge >= 0.3 is 17.5 Å². The third kappa shape index (κ3) is 3.47. The summed E-state index contributed by atoms with van der Waals surface area (Å²) in [7, 11) is 0. The normalized spacial score (nSPS) is 15.0. The predicted octanol–water partition coefficient (Wildman–Crippen LogP) is -0.975. The number of anilines is 1. The third-order valence-corrected chi connectivity index (χ3v) is 2.78. The Labute approximate surface area is 127 Å². The monoisotopic (exact) mass is 339 g/mol. The number of carbonyl (C=O) groups is 1. The van der Waals surface area contributed by atoms with Crippen LogP contribution in [0.5, 0.6) is 0 Å². The van der Waals surface area contributed by atoms with Crippen molar-refractivity contribution in [2.24, 2.45) is 0 Å². The highest BCUT2D eigenvalue weighted by Gasteiger charge is 2.51. The molecule has 1 heterocycles. The van der Waals surface area contributed by atoms with E-state index in [-0.39, 0.29) is 15.9 Å². The van der Waals surface area contributed by atoms with Gasteiger partial charge in [-0.1, -0.05) is 11.6 Å². The maximum absolute atomic E-state index is 13.8. The highest BCUT2D eigenvalue weighted by molar-refractivity contribution is 6.27. The van der Waals surface area contributed by atoms with Gasteiger partial charge in [0.05, 0.1) is 6.61 Å². The SMILES string of the molecule is Nc1nc(=O)n(C(=O)C(F)(F)[C@H](O)[C@@H](O)CO)cc1/C=C/Cl. The maximum atomic E-state index is 13.8. The number of aromatic nitrogens is 2. The van der Waals surface area contributed by atoms with E-state index in [0.29, 0.717) is 6.20 Å². The van der Waals surface area contributed by atoms with Crippen LogP contribution in [-0.2, 0) is 0 Å². The lowest BCUT2D eigenvalue weighted by atomic mass is 10.1. The minimum absolute atomic E-state index is 0.0735. The van der Waals surface area contributed by atoms with Crippen molar-refractivity contribution in [3.05, 3.63) is 27.8 Å². The van der Waals surface area contributed by atoms with Crippen molar-refractivity contribution in [1.82, 2.24) is 9.55 Å². The molecule has 0 fully saturated rings. The van der Waals surface area contributed by atoms with Crippen molar-refractivity contribution >= 4 is 29.4 Å².